The molecule has 0 radical (unpaired) electrons. The molecule has 1 aliphatic heterocycles. The average Bonchev–Trinajstić information content (AvgIpc) is 2.36. The Morgan fingerprint density at radius 2 is 1.70 bits per heavy atom. The molecule has 1 N–H and O–H groups in total. The van der Waals surface area contributed by atoms with Crippen molar-refractivity contribution in [2.75, 3.05) is 13.1 Å². The molecule has 0 spiro atoms. The van der Waals surface area contributed by atoms with Gasteiger partial charge in [0.05, 0.1) is 6.10 Å². The van der Waals surface area contributed by atoms with Crippen LogP contribution in [0.2, 0.25) is 0 Å². The van der Waals surface area contributed by atoms with Crippen molar-refractivity contribution >= 4 is 0 Å². The van der Waals surface area contributed by atoms with Crippen molar-refractivity contribution in [1.29, 1.82) is 0 Å². The summed E-state index contributed by atoms with van der Waals surface area (Å²) in [5.41, 5.74) is 0. The maximum atomic E-state index is 9.24. The Balaban J connectivity index is 2.32. The molecule has 2 atom stereocenters. The molecule has 0 aromatic rings. The molecule has 0 amide bonds. The summed E-state index contributed by atoms with van der Waals surface area (Å²) in [4.78, 5) is 2.35. The minimum Gasteiger partial charge on any atom is -0.392 e. The average molecular weight is 143 g/mol. The van der Waals surface area contributed by atoms with Gasteiger partial charge in [-0.3, -0.25) is 4.90 Å². The predicted octanol–water partition coefficient (Wildman–Crippen LogP) is 0.851. The van der Waals surface area contributed by atoms with Gasteiger partial charge in [0.15, 0.2) is 0 Å². The van der Waals surface area contributed by atoms with Crippen LogP contribution in [0.15, 0.2) is 0 Å². The predicted molar refractivity (Wildman–Crippen MR) is 41.9 cm³/mol. The largest absolute Gasteiger partial charge is 0.392 e. The topological polar surface area (TPSA) is 23.5 Å². The molecule has 0 aliphatic carbocycles. The molecule has 10 heavy (non-hydrogen) atoms. The van der Waals surface area contributed by atoms with Gasteiger partial charge in [-0.25, -0.2) is 0 Å². The summed E-state index contributed by atoms with van der Waals surface area (Å²) in [6.07, 6.45) is 2.42. The molecule has 1 aliphatic rings. The van der Waals surface area contributed by atoms with Crippen LogP contribution in [-0.2, 0) is 0 Å². The summed E-state index contributed by atoms with van der Waals surface area (Å²) in [7, 11) is 0. The first-order valence-corrected chi connectivity index (χ1v) is 4.14. The second-order valence-corrected chi connectivity index (χ2v) is 3.22. The quantitative estimate of drug-likeness (QED) is 0.619. The van der Waals surface area contributed by atoms with Gasteiger partial charge in [-0.05, 0) is 39.8 Å². The third-order valence-corrected chi connectivity index (χ3v) is 2.41. The molecule has 0 saturated carbocycles. The zero-order valence-electron chi connectivity index (χ0n) is 6.88. The number of nitrogens with zero attached hydrogens (tertiary/aromatic N) is 1. The van der Waals surface area contributed by atoms with E-state index < -0.39 is 0 Å². The highest BCUT2D eigenvalue weighted by molar-refractivity contribution is 4.75. The Kier molecular flexibility index (Phi) is 2.69. The minimum absolute atomic E-state index is 0.182. The van der Waals surface area contributed by atoms with E-state index >= 15 is 0 Å². The van der Waals surface area contributed by atoms with Gasteiger partial charge in [0.2, 0.25) is 0 Å². The van der Waals surface area contributed by atoms with E-state index in [4.69, 9.17) is 0 Å². The number of aliphatic hydroxyl groups excluding tert-OH is 1. The monoisotopic (exact) mass is 143 g/mol. The van der Waals surface area contributed by atoms with Crippen molar-refractivity contribution in [2.24, 2.45) is 0 Å². The van der Waals surface area contributed by atoms with Crippen LogP contribution in [0, 0.1) is 0 Å². The second kappa shape index (κ2) is 3.35. The number of hydrogen-bond donors (Lipinski definition) is 1. The molecule has 0 unspecified atom stereocenters. The minimum atomic E-state index is -0.182. The van der Waals surface area contributed by atoms with Crippen LogP contribution < -0.4 is 0 Å². The van der Waals surface area contributed by atoms with Crippen LogP contribution in [0.3, 0.4) is 0 Å². The Morgan fingerprint density at radius 1 is 1.20 bits per heavy atom. The molecule has 1 heterocycles. The maximum absolute atomic E-state index is 9.24. The van der Waals surface area contributed by atoms with E-state index in [0.717, 1.165) is 0 Å². The Hall–Kier alpha value is -0.0800. The standard InChI is InChI=1S/C8H17NO/c1-7(8(2)10)9-5-3-4-6-9/h7-8,10H,3-6H2,1-2H3/t7-,8+/m0/s1. The first kappa shape index (κ1) is 8.02. The zero-order chi connectivity index (χ0) is 7.56. The van der Waals surface area contributed by atoms with Crippen LogP contribution in [0.4, 0.5) is 0 Å². The molecular formula is C8H17NO. The number of hydrogen-bond acceptors (Lipinski definition) is 2. The molecule has 1 saturated heterocycles. The van der Waals surface area contributed by atoms with Crippen molar-refractivity contribution < 1.29 is 5.11 Å². The van der Waals surface area contributed by atoms with Crippen LogP contribution in [-0.4, -0.2) is 35.2 Å². The highest BCUT2D eigenvalue weighted by Gasteiger charge is 2.20. The van der Waals surface area contributed by atoms with Gasteiger partial charge >= 0.3 is 0 Å². The van der Waals surface area contributed by atoms with E-state index in [1.165, 1.54) is 25.9 Å². The summed E-state index contributed by atoms with van der Waals surface area (Å²) in [6.45, 7) is 6.30. The molecule has 60 valence electrons. The SMILES string of the molecule is C[C@@H](O)[C@H](C)N1CCCC1. The smallest absolute Gasteiger partial charge is 0.0664 e. The van der Waals surface area contributed by atoms with Gasteiger partial charge in [0.25, 0.3) is 0 Å². The highest BCUT2D eigenvalue weighted by atomic mass is 16.3. The van der Waals surface area contributed by atoms with Gasteiger partial charge in [-0.1, -0.05) is 0 Å². The van der Waals surface area contributed by atoms with Crippen molar-refractivity contribution in [1.82, 2.24) is 4.90 Å². The lowest BCUT2D eigenvalue weighted by atomic mass is 10.2. The van der Waals surface area contributed by atoms with Crippen molar-refractivity contribution in [3.63, 3.8) is 0 Å². The van der Waals surface area contributed by atoms with Gasteiger partial charge in [-0.15, -0.1) is 0 Å². The fourth-order valence-corrected chi connectivity index (χ4v) is 1.45. The molecule has 1 fully saturated rings. The Labute approximate surface area is 62.8 Å². The van der Waals surface area contributed by atoms with Crippen LogP contribution in [0.25, 0.3) is 0 Å². The van der Waals surface area contributed by atoms with Gasteiger partial charge in [0.1, 0.15) is 0 Å². The number of aliphatic hydroxyl groups is 1. The number of likely N-dealkylation sites (tertiary alicyclic amines) is 1. The third-order valence-electron chi connectivity index (χ3n) is 2.41. The summed E-state index contributed by atoms with van der Waals surface area (Å²) in [5, 5.41) is 9.24. The zero-order valence-corrected chi connectivity index (χ0v) is 6.88. The van der Waals surface area contributed by atoms with Gasteiger partial charge < -0.3 is 5.11 Å². The molecule has 0 bridgehead atoms. The van der Waals surface area contributed by atoms with E-state index in [9.17, 15) is 5.11 Å². The van der Waals surface area contributed by atoms with Crippen molar-refractivity contribution in [2.45, 2.75) is 38.8 Å². The van der Waals surface area contributed by atoms with Gasteiger partial charge in [-0.2, -0.15) is 0 Å². The summed E-state index contributed by atoms with van der Waals surface area (Å²) >= 11 is 0. The fourth-order valence-electron chi connectivity index (χ4n) is 1.45. The van der Waals surface area contributed by atoms with Crippen LogP contribution >= 0.6 is 0 Å². The first-order chi connectivity index (χ1) is 4.72. The van der Waals surface area contributed by atoms with Crippen LogP contribution in [0.1, 0.15) is 26.7 Å². The van der Waals surface area contributed by atoms with E-state index in [-0.39, 0.29) is 6.10 Å². The van der Waals surface area contributed by atoms with Crippen molar-refractivity contribution in [3.05, 3.63) is 0 Å². The van der Waals surface area contributed by atoms with E-state index in [1.807, 2.05) is 6.92 Å². The molecule has 2 heteroatoms. The summed E-state index contributed by atoms with van der Waals surface area (Å²) in [6, 6.07) is 0.350. The lowest BCUT2D eigenvalue weighted by molar-refractivity contribution is 0.0857. The lowest BCUT2D eigenvalue weighted by Gasteiger charge is -2.25. The molecule has 1 rings (SSSR count). The van der Waals surface area contributed by atoms with Gasteiger partial charge in [0, 0.05) is 6.04 Å². The molecular weight excluding hydrogens is 126 g/mol. The molecule has 0 aromatic carbocycles. The summed E-state index contributed by atoms with van der Waals surface area (Å²) in [5.74, 6) is 0. The second-order valence-electron chi connectivity index (χ2n) is 3.22. The Bertz CT molecular complexity index is 97.4. The van der Waals surface area contributed by atoms with Crippen LogP contribution in [0.5, 0.6) is 0 Å². The highest BCUT2D eigenvalue weighted by Crippen LogP contribution is 2.13. The number of rotatable bonds is 2. The fraction of sp³-hybridized carbons (Fsp3) is 1.00. The molecule has 0 aromatic heterocycles. The normalized spacial score (nSPS) is 26.7. The first-order valence-electron chi connectivity index (χ1n) is 4.14. The Morgan fingerprint density at radius 3 is 2.10 bits per heavy atom. The lowest BCUT2D eigenvalue weighted by Crippen LogP contribution is -2.37. The van der Waals surface area contributed by atoms with E-state index in [0.29, 0.717) is 6.04 Å². The maximum Gasteiger partial charge on any atom is 0.0664 e. The van der Waals surface area contributed by atoms with E-state index in [1.54, 1.807) is 0 Å². The summed E-state index contributed by atoms with van der Waals surface area (Å²) < 4.78 is 0. The van der Waals surface area contributed by atoms with E-state index in [2.05, 4.69) is 11.8 Å². The molecule has 2 nitrogen and oxygen atoms in total. The van der Waals surface area contributed by atoms with Crippen molar-refractivity contribution in [3.8, 4) is 0 Å². The third kappa shape index (κ3) is 1.70.